The van der Waals surface area contributed by atoms with Crippen LogP contribution >= 0.6 is 0 Å². The number of hydrogen-bond acceptors (Lipinski definition) is 4. The van der Waals surface area contributed by atoms with E-state index in [-0.39, 0.29) is 45.4 Å². The van der Waals surface area contributed by atoms with Crippen molar-refractivity contribution >= 4 is 17.7 Å². The van der Waals surface area contributed by atoms with E-state index in [0.717, 1.165) is 0 Å². The van der Waals surface area contributed by atoms with Gasteiger partial charge in [-0.05, 0) is 18.4 Å². The number of rotatable bonds is 3. The van der Waals surface area contributed by atoms with E-state index in [1.54, 1.807) is 18.2 Å². The van der Waals surface area contributed by atoms with Gasteiger partial charge in [0.15, 0.2) is 0 Å². The van der Waals surface area contributed by atoms with Gasteiger partial charge in [-0.3, -0.25) is 14.9 Å². The molecule has 3 amide bonds. The molecule has 1 saturated heterocycles. The molecule has 1 aromatic carbocycles. The van der Waals surface area contributed by atoms with E-state index in [0.29, 0.717) is 5.75 Å². The Bertz CT molecular complexity index is 533. The number of imide groups is 1. The second-order valence-corrected chi connectivity index (χ2v) is 4.03. The van der Waals surface area contributed by atoms with Gasteiger partial charge in [-0.1, -0.05) is 6.07 Å². The van der Waals surface area contributed by atoms with Gasteiger partial charge in [0, 0.05) is 12.2 Å². The third-order valence-corrected chi connectivity index (χ3v) is 2.70. The number of benzene rings is 1. The number of nitrogens with zero attached hydrogens (tertiary/aromatic N) is 1. The van der Waals surface area contributed by atoms with Crippen molar-refractivity contribution in [2.75, 3.05) is 7.11 Å². The van der Waals surface area contributed by atoms with Crippen LogP contribution in [0.2, 0.25) is 0 Å². The number of ether oxygens (including phenoxy) is 1. The fraction of sp³-hybridized carbons (Fsp3) is 0.308. The summed E-state index contributed by atoms with van der Waals surface area (Å²) in [5.41, 5.74) is 0.226. The van der Waals surface area contributed by atoms with Crippen molar-refractivity contribution in [1.29, 1.82) is 0 Å². The molecule has 104 valence electrons. The molecule has 1 fully saturated rings. The SMILES string of the molecule is COc1[c-]c(C(=O)[N-]C2CCC(=O)NC2=O)ccc1.[W+2]. The average molecular weight is 444 g/mol. The van der Waals surface area contributed by atoms with Gasteiger partial charge in [0.05, 0.1) is 7.11 Å². The number of methoxy groups -OCH3 is 1. The van der Waals surface area contributed by atoms with E-state index in [2.05, 4.69) is 16.7 Å². The van der Waals surface area contributed by atoms with Crippen LogP contribution in [0.5, 0.6) is 5.75 Å². The summed E-state index contributed by atoms with van der Waals surface area (Å²) in [5.74, 6) is -0.998. The number of carbonyl (C=O) groups is 3. The Morgan fingerprint density at radius 3 is 2.85 bits per heavy atom. The van der Waals surface area contributed by atoms with Crippen LogP contribution in [0.3, 0.4) is 0 Å². The quantitative estimate of drug-likeness (QED) is 0.553. The summed E-state index contributed by atoms with van der Waals surface area (Å²) in [7, 11) is 1.47. The number of nitrogens with one attached hydrogen (secondary N) is 1. The molecule has 1 atom stereocenters. The van der Waals surface area contributed by atoms with Gasteiger partial charge in [0.1, 0.15) is 0 Å². The number of amides is 3. The van der Waals surface area contributed by atoms with Crippen molar-refractivity contribution in [2.24, 2.45) is 0 Å². The molecular weight excluding hydrogens is 432 g/mol. The molecule has 0 saturated carbocycles. The molecule has 20 heavy (non-hydrogen) atoms. The fourth-order valence-electron chi connectivity index (χ4n) is 1.71. The van der Waals surface area contributed by atoms with Crippen molar-refractivity contribution in [1.82, 2.24) is 5.32 Å². The van der Waals surface area contributed by atoms with Crippen LogP contribution in [0.4, 0.5) is 0 Å². The Hall–Kier alpha value is -1.68. The summed E-state index contributed by atoms with van der Waals surface area (Å²) in [6.07, 6.45) is 0.440. The summed E-state index contributed by atoms with van der Waals surface area (Å²) in [4.78, 5) is 34.3. The Kier molecular flexibility index (Phi) is 5.89. The molecule has 0 radical (unpaired) electrons. The second kappa shape index (κ2) is 7.19. The third-order valence-electron chi connectivity index (χ3n) is 2.70. The first-order valence-corrected chi connectivity index (χ1v) is 5.75. The van der Waals surface area contributed by atoms with Crippen LogP contribution in [0.1, 0.15) is 23.2 Å². The summed E-state index contributed by atoms with van der Waals surface area (Å²) < 4.78 is 4.96. The molecule has 1 aromatic rings. The topological polar surface area (TPSA) is 86.6 Å². The smallest absolute Gasteiger partial charge is 0.684 e. The summed E-state index contributed by atoms with van der Waals surface area (Å²) in [6.45, 7) is 0. The predicted molar refractivity (Wildman–Crippen MR) is 65.7 cm³/mol. The molecule has 7 heteroatoms. The van der Waals surface area contributed by atoms with Crippen LogP contribution in [0.25, 0.3) is 5.32 Å². The van der Waals surface area contributed by atoms with Gasteiger partial charge < -0.3 is 14.8 Å². The van der Waals surface area contributed by atoms with Crippen molar-refractivity contribution in [3.8, 4) is 5.75 Å². The molecule has 1 aliphatic heterocycles. The molecule has 1 aliphatic rings. The number of carbonyl (C=O) groups excluding carboxylic acids is 3. The van der Waals surface area contributed by atoms with Gasteiger partial charge in [0.2, 0.25) is 11.8 Å². The van der Waals surface area contributed by atoms with E-state index in [9.17, 15) is 14.4 Å². The Morgan fingerprint density at radius 2 is 2.20 bits per heavy atom. The second-order valence-electron chi connectivity index (χ2n) is 4.03. The number of piperidine rings is 1. The normalized spacial score (nSPS) is 17.8. The Morgan fingerprint density at radius 1 is 1.45 bits per heavy atom. The van der Waals surface area contributed by atoms with Crippen molar-refractivity contribution < 1.29 is 40.2 Å². The minimum absolute atomic E-state index is 0. The van der Waals surface area contributed by atoms with Crippen LogP contribution in [-0.2, 0) is 30.7 Å². The van der Waals surface area contributed by atoms with Gasteiger partial charge in [0.25, 0.3) is 0 Å². The van der Waals surface area contributed by atoms with E-state index >= 15 is 0 Å². The standard InChI is InChI=1S/C13H13N2O4.W/c1-19-9-4-2-3-8(7-9)12(17)14-10-5-6-11(16)15-13(10)18;/h2-4,10H,5-6H2,1H3,(H2,14,15,16,17,18);/q-1;+2/p-1. The van der Waals surface area contributed by atoms with E-state index in [1.165, 1.54) is 7.11 Å². The first-order chi connectivity index (χ1) is 9.10. The zero-order valence-corrected chi connectivity index (χ0v) is 13.6. The molecule has 0 bridgehead atoms. The molecule has 0 aromatic heterocycles. The van der Waals surface area contributed by atoms with Crippen LogP contribution in [0, 0.1) is 6.07 Å². The van der Waals surface area contributed by atoms with E-state index < -0.39 is 17.9 Å². The molecule has 1 N–H and O–H groups in total. The third kappa shape index (κ3) is 3.90. The van der Waals surface area contributed by atoms with Gasteiger partial charge in [-0.2, -0.15) is 0 Å². The van der Waals surface area contributed by atoms with E-state index in [1.807, 2.05) is 0 Å². The Labute approximate surface area is 130 Å². The summed E-state index contributed by atoms with van der Waals surface area (Å²) >= 11 is 0. The maximum Gasteiger partial charge on any atom is 2.00 e. The fourth-order valence-corrected chi connectivity index (χ4v) is 1.71. The first-order valence-electron chi connectivity index (χ1n) is 5.75. The van der Waals surface area contributed by atoms with Gasteiger partial charge in [-0.25, -0.2) is 0 Å². The summed E-state index contributed by atoms with van der Waals surface area (Å²) in [5, 5.41) is 5.96. The number of hydrogen-bond donors (Lipinski definition) is 1. The first kappa shape index (κ1) is 16.4. The molecule has 1 unspecified atom stereocenters. The minimum atomic E-state index is -0.815. The van der Waals surface area contributed by atoms with Crippen molar-refractivity contribution in [3.63, 3.8) is 0 Å². The van der Waals surface area contributed by atoms with Crippen molar-refractivity contribution in [2.45, 2.75) is 18.9 Å². The van der Waals surface area contributed by atoms with Crippen LogP contribution in [-0.4, -0.2) is 30.9 Å². The van der Waals surface area contributed by atoms with Crippen LogP contribution in [0.15, 0.2) is 18.2 Å². The predicted octanol–water partition coefficient (Wildman–Crippen LogP) is 0.812. The molecule has 6 nitrogen and oxygen atoms in total. The zero-order chi connectivity index (χ0) is 13.8. The minimum Gasteiger partial charge on any atom is -0.684 e. The van der Waals surface area contributed by atoms with Gasteiger partial charge >= 0.3 is 21.1 Å². The van der Waals surface area contributed by atoms with E-state index in [4.69, 9.17) is 4.74 Å². The largest absolute Gasteiger partial charge is 2.00 e. The summed E-state index contributed by atoms with van der Waals surface area (Å²) in [6, 6.07) is 6.77. The molecule has 0 aliphatic carbocycles. The maximum atomic E-state index is 11.9. The molecular formula is C13H12N2O4W. The molecule has 2 rings (SSSR count). The average Bonchev–Trinajstić information content (AvgIpc) is 2.42. The van der Waals surface area contributed by atoms with Crippen molar-refractivity contribution in [3.05, 3.63) is 35.1 Å². The zero-order valence-electron chi connectivity index (χ0n) is 10.7. The van der Waals surface area contributed by atoms with Gasteiger partial charge in [-0.15, -0.1) is 23.8 Å². The van der Waals surface area contributed by atoms with Crippen LogP contribution < -0.4 is 10.1 Å². The molecule has 0 spiro atoms. The monoisotopic (exact) mass is 444 g/mol. The maximum absolute atomic E-state index is 11.9. The molecule has 1 heterocycles. The Balaban J connectivity index is 0.00000200.